The Morgan fingerprint density at radius 3 is 2.65 bits per heavy atom. The highest BCUT2D eigenvalue weighted by molar-refractivity contribution is 6.04. The number of phenolic OH excluding ortho intramolecular Hbond substituents is 1. The normalized spacial score (nSPS) is 10.2. The van der Waals surface area contributed by atoms with Gasteiger partial charge >= 0.3 is 0 Å². The maximum absolute atomic E-state index is 13.6. The van der Waals surface area contributed by atoms with E-state index in [0.29, 0.717) is 16.9 Å². The average molecular weight is 275 g/mol. The van der Waals surface area contributed by atoms with Crippen LogP contribution in [0, 0.1) is 12.7 Å². The average Bonchev–Trinajstić information content (AvgIpc) is 2.44. The summed E-state index contributed by atoms with van der Waals surface area (Å²) in [5, 5.41) is 11.9. The lowest BCUT2D eigenvalue weighted by molar-refractivity contribution is 0.102. The third kappa shape index (κ3) is 2.88. The van der Waals surface area contributed by atoms with Crippen LogP contribution in [-0.2, 0) is 0 Å². The molecule has 2 aromatic rings. The van der Waals surface area contributed by atoms with Crippen molar-refractivity contribution in [3.05, 3.63) is 53.3 Å². The van der Waals surface area contributed by atoms with Gasteiger partial charge in [0.15, 0.2) is 0 Å². The van der Waals surface area contributed by atoms with Crippen molar-refractivity contribution in [2.75, 3.05) is 12.4 Å². The summed E-state index contributed by atoms with van der Waals surface area (Å²) in [4.78, 5) is 12.0. The van der Waals surface area contributed by atoms with E-state index in [1.54, 1.807) is 6.92 Å². The van der Waals surface area contributed by atoms with Crippen LogP contribution < -0.4 is 10.1 Å². The zero-order valence-corrected chi connectivity index (χ0v) is 11.1. The fourth-order valence-corrected chi connectivity index (χ4v) is 1.72. The lowest BCUT2D eigenvalue weighted by Crippen LogP contribution is -2.13. The molecule has 1 amide bonds. The second-order valence-corrected chi connectivity index (χ2v) is 4.30. The minimum absolute atomic E-state index is 0.0417. The van der Waals surface area contributed by atoms with Gasteiger partial charge in [0, 0.05) is 11.6 Å². The number of nitrogens with one attached hydrogen (secondary N) is 1. The number of aromatic hydroxyl groups is 1. The zero-order chi connectivity index (χ0) is 14.7. The fraction of sp³-hybridized carbons (Fsp3) is 0.133. The third-order valence-electron chi connectivity index (χ3n) is 2.88. The Kier molecular flexibility index (Phi) is 3.89. The Morgan fingerprint density at radius 2 is 2.00 bits per heavy atom. The molecule has 2 aromatic carbocycles. The monoisotopic (exact) mass is 275 g/mol. The number of aryl methyl sites for hydroxylation is 1. The molecule has 2 N–H and O–H groups in total. The first-order valence-electron chi connectivity index (χ1n) is 5.96. The van der Waals surface area contributed by atoms with Crippen LogP contribution in [0.5, 0.6) is 11.5 Å². The predicted octanol–water partition coefficient (Wildman–Crippen LogP) is 3.10. The van der Waals surface area contributed by atoms with Gasteiger partial charge in [0.1, 0.15) is 17.3 Å². The lowest BCUT2D eigenvalue weighted by atomic mass is 10.1. The molecule has 0 aliphatic rings. The molecule has 104 valence electrons. The number of carbonyl (C=O) groups excluding carboxylic acids is 1. The van der Waals surface area contributed by atoms with Crippen LogP contribution in [0.15, 0.2) is 36.4 Å². The summed E-state index contributed by atoms with van der Waals surface area (Å²) in [5.74, 6) is -0.451. The van der Waals surface area contributed by atoms with Gasteiger partial charge in [0.2, 0.25) is 0 Å². The van der Waals surface area contributed by atoms with Crippen LogP contribution in [0.25, 0.3) is 0 Å². The summed E-state index contributed by atoms with van der Waals surface area (Å²) >= 11 is 0. The SMILES string of the molecule is COc1ccc(F)c(NC(=O)c2ccc(O)c(C)c2)c1. The highest BCUT2D eigenvalue weighted by atomic mass is 19.1. The molecule has 0 atom stereocenters. The highest BCUT2D eigenvalue weighted by Crippen LogP contribution is 2.23. The minimum atomic E-state index is -0.547. The third-order valence-corrected chi connectivity index (χ3v) is 2.88. The van der Waals surface area contributed by atoms with E-state index >= 15 is 0 Å². The number of amides is 1. The van der Waals surface area contributed by atoms with Gasteiger partial charge in [-0.2, -0.15) is 0 Å². The van der Waals surface area contributed by atoms with Gasteiger partial charge in [-0.15, -0.1) is 0 Å². The molecular weight excluding hydrogens is 261 g/mol. The minimum Gasteiger partial charge on any atom is -0.508 e. The Hall–Kier alpha value is -2.56. The van der Waals surface area contributed by atoms with Gasteiger partial charge in [0.25, 0.3) is 5.91 Å². The first kappa shape index (κ1) is 13.9. The molecule has 0 spiro atoms. The van der Waals surface area contributed by atoms with Gasteiger partial charge in [0.05, 0.1) is 12.8 Å². The smallest absolute Gasteiger partial charge is 0.255 e. The van der Waals surface area contributed by atoms with E-state index in [9.17, 15) is 14.3 Å². The van der Waals surface area contributed by atoms with Crippen LogP contribution in [0.3, 0.4) is 0 Å². The van der Waals surface area contributed by atoms with Gasteiger partial charge in [-0.3, -0.25) is 4.79 Å². The maximum atomic E-state index is 13.6. The van der Waals surface area contributed by atoms with Gasteiger partial charge < -0.3 is 15.2 Å². The summed E-state index contributed by atoms with van der Waals surface area (Å²) in [7, 11) is 1.46. The molecule has 20 heavy (non-hydrogen) atoms. The Bertz CT molecular complexity index is 656. The van der Waals surface area contributed by atoms with E-state index < -0.39 is 11.7 Å². The Balaban J connectivity index is 2.25. The van der Waals surface area contributed by atoms with Crippen molar-refractivity contribution in [1.82, 2.24) is 0 Å². The molecule has 0 heterocycles. The molecule has 2 rings (SSSR count). The number of carbonyl (C=O) groups is 1. The first-order chi connectivity index (χ1) is 9.51. The molecule has 0 aliphatic carbocycles. The zero-order valence-electron chi connectivity index (χ0n) is 11.1. The summed E-state index contributed by atoms with van der Waals surface area (Å²) in [6, 6.07) is 8.51. The number of hydrogen-bond acceptors (Lipinski definition) is 3. The van der Waals surface area contributed by atoms with Crippen molar-refractivity contribution in [2.45, 2.75) is 6.92 Å². The number of anilines is 1. The van der Waals surface area contributed by atoms with Gasteiger partial charge in [-0.05, 0) is 42.8 Å². The Morgan fingerprint density at radius 1 is 1.25 bits per heavy atom. The molecule has 0 aromatic heterocycles. The second-order valence-electron chi connectivity index (χ2n) is 4.30. The number of hydrogen-bond donors (Lipinski definition) is 2. The lowest BCUT2D eigenvalue weighted by Gasteiger charge is -2.09. The van der Waals surface area contributed by atoms with E-state index in [2.05, 4.69) is 5.32 Å². The first-order valence-corrected chi connectivity index (χ1v) is 5.96. The molecule has 0 fully saturated rings. The van der Waals surface area contributed by atoms with Crippen molar-refractivity contribution in [3.63, 3.8) is 0 Å². The predicted molar refractivity (Wildman–Crippen MR) is 73.7 cm³/mol. The molecule has 0 saturated carbocycles. The number of halogens is 1. The summed E-state index contributed by atoms with van der Waals surface area (Å²) in [5.41, 5.74) is 0.950. The van der Waals surface area contributed by atoms with Gasteiger partial charge in [-0.25, -0.2) is 4.39 Å². The molecular formula is C15H14FNO3. The maximum Gasteiger partial charge on any atom is 0.255 e. The van der Waals surface area contributed by atoms with Crippen molar-refractivity contribution < 1.29 is 19.0 Å². The van der Waals surface area contributed by atoms with Crippen LogP contribution in [0.4, 0.5) is 10.1 Å². The number of phenols is 1. The fourth-order valence-electron chi connectivity index (χ4n) is 1.72. The standard InChI is InChI=1S/C15H14FNO3/c1-9-7-10(3-6-14(9)18)15(19)17-13-8-11(20-2)4-5-12(13)16/h3-8,18H,1-2H3,(H,17,19). The number of benzene rings is 2. The molecule has 0 saturated heterocycles. The summed E-state index contributed by atoms with van der Waals surface area (Å²) in [6.45, 7) is 1.68. The number of methoxy groups -OCH3 is 1. The van der Waals surface area contributed by atoms with Crippen LogP contribution >= 0.6 is 0 Å². The topological polar surface area (TPSA) is 58.6 Å². The second kappa shape index (κ2) is 5.61. The van der Waals surface area contributed by atoms with E-state index in [-0.39, 0.29) is 11.4 Å². The van der Waals surface area contributed by atoms with Crippen molar-refractivity contribution in [1.29, 1.82) is 0 Å². The van der Waals surface area contributed by atoms with E-state index in [1.165, 1.54) is 43.5 Å². The van der Waals surface area contributed by atoms with E-state index in [1.807, 2.05) is 0 Å². The molecule has 0 aliphatic heterocycles. The molecule has 5 heteroatoms. The largest absolute Gasteiger partial charge is 0.508 e. The molecule has 4 nitrogen and oxygen atoms in total. The molecule has 0 radical (unpaired) electrons. The summed E-state index contributed by atoms with van der Waals surface area (Å²) < 4.78 is 18.6. The molecule has 0 bridgehead atoms. The summed E-state index contributed by atoms with van der Waals surface area (Å²) in [6.07, 6.45) is 0. The highest BCUT2D eigenvalue weighted by Gasteiger charge is 2.11. The van der Waals surface area contributed by atoms with E-state index in [4.69, 9.17) is 4.74 Å². The van der Waals surface area contributed by atoms with E-state index in [0.717, 1.165) is 0 Å². The quantitative estimate of drug-likeness (QED) is 0.905. The van der Waals surface area contributed by atoms with Crippen molar-refractivity contribution in [3.8, 4) is 11.5 Å². The number of rotatable bonds is 3. The molecule has 0 unspecified atom stereocenters. The Labute approximate surface area is 115 Å². The van der Waals surface area contributed by atoms with Gasteiger partial charge in [-0.1, -0.05) is 0 Å². The van der Waals surface area contributed by atoms with Crippen molar-refractivity contribution in [2.24, 2.45) is 0 Å². The van der Waals surface area contributed by atoms with Crippen molar-refractivity contribution >= 4 is 11.6 Å². The van der Waals surface area contributed by atoms with Crippen LogP contribution in [0.1, 0.15) is 15.9 Å². The number of ether oxygens (including phenoxy) is 1. The van der Waals surface area contributed by atoms with Crippen LogP contribution in [-0.4, -0.2) is 18.1 Å². The van der Waals surface area contributed by atoms with Crippen LogP contribution in [0.2, 0.25) is 0 Å².